The van der Waals surface area contributed by atoms with Gasteiger partial charge in [-0.2, -0.15) is 0 Å². The predicted octanol–water partition coefficient (Wildman–Crippen LogP) is 2.96. The lowest BCUT2D eigenvalue weighted by Gasteiger charge is -2.39. The lowest BCUT2D eigenvalue weighted by atomic mass is 9.98. The summed E-state index contributed by atoms with van der Waals surface area (Å²) in [4.78, 5) is 25.7. The summed E-state index contributed by atoms with van der Waals surface area (Å²) in [7, 11) is 3.53. The van der Waals surface area contributed by atoms with E-state index in [-0.39, 0.29) is 5.91 Å². The second-order valence-corrected chi connectivity index (χ2v) is 7.11. The Labute approximate surface area is 139 Å². The first-order chi connectivity index (χ1) is 11.1. The van der Waals surface area contributed by atoms with Gasteiger partial charge in [0.15, 0.2) is 0 Å². The second kappa shape index (κ2) is 6.95. The first-order valence-electron chi connectivity index (χ1n) is 8.89. The summed E-state index contributed by atoms with van der Waals surface area (Å²) in [5.74, 6) is 0.884. The molecule has 1 aromatic rings. The maximum atomic E-state index is 12.2. The molecule has 1 saturated carbocycles. The summed E-state index contributed by atoms with van der Waals surface area (Å²) < 4.78 is 0. The molecular formula is C18H28N4O. The van der Waals surface area contributed by atoms with Gasteiger partial charge in [-0.05, 0) is 39.2 Å². The molecule has 0 spiro atoms. The van der Waals surface area contributed by atoms with Gasteiger partial charge in [0.2, 0.25) is 0 Å². The van der Waals surface area contributed by atoms with Crippen LogP contribution in [0.1, 0.15) is 72.9 Å². The van der Waals surface area contributed by atoms with E-state index in [0.717, 1.165) is 24.5 Å². The molecule has 2 heterocycles. The smallest absolute Gasteiger partial charge is 0.256 e. The summed E-state index contributed by atoms with van der Waals surface area (Å²) in [6, 6.07) is 1.03. The van der Waals surface area contributed by atoms with Gasteiger partial charge in [0.05, 0.1) is 17.3 Å². The molecule has 2 fully saturated rings. The van der Waals surface area contributed by atoms with Crippen LogP contribution in [0.2, 0.25) is 0 Å². The SMILES string of the molecule is Cc1nc([C@@H]2CCCCN2C2CCCC2)ncc1C(=O)N(C)C. The van der Waals surface area contributed by atoms with Crippen molar-refractivity contribution in [2.24, 2.45) is 0 Å². The minimum Gasteiger partial charge on any atom is -0.345 e. The first kappa shape index (κ1) is 16.4. The summed E-state index contributed by atoms with van der Waals surface area (Å²) in [6.07, 6.45) is 10.7. The summed E-state index contributed by atoms with van der Waals surface area (Å²) in [5, 5.41) is 0. The zero-order valence-corrected chi connectivity index (χ0v) is 14.6. The first-order valence-corrected chi connectivity index (χ1v) is 8.89. The van der Waals surface area contributed by atoms with Crippen LogP contribution >= 0.6 is 0 Å². The van der Waals surface area contributed by atoms with Crippen LogP contribution in [-0.2, 0) is 0 Å². The molecule has 0 unspecified atom stereocenters. The van der Waals surface area contributed by atoms with Gasteiger partial charge >= 0.3 is 0 Å². The zero-order valence-electron chi connectivity index (χ0n) is 14.6. The van der Waals surface area contributed by atoms with Crippen molar-refractivity contribution < 1.29 is 4.79 Å². The van der Waals surface area contributed by atoms with Crippen molar-refractivity contribution in [3.63, 3.8) is 0 Å². The number of carbonyl (C=O) groups is 1. The van der Waals surface area contributed by atoms with E-state index in [4.69, 9.17) is 4.98 Å². The molecule has 1 atom stereocenters. The molecule has 0 bridgehead atoms. The van der Waals surface area contributed by atoms with E-state index in [0.29, 0.717) is 17.6 Å². The van der Waals surface area contributed by atoms with Gasteiger partial charge in [-0.15, -0.1) is 0 Å². The van der Waals surface area contributed by atoms with Crippen LogP contribution in [0.3, 0.4) is 0 Å². The quantitative estimate of drug-likeness (QED) is 0.860. The van der Waals surface area contributed by atoms with Crippen LogP contribution in [0.15, 0.2) is 6.20 Å². The molecule has 23 heavy (non-hydrogen) atoms. The van der Waals surface area contributed by atoms with Gasteiger partial charge in [-0.1, -0.05) is 19.3 Å². The molecule has 0 radical (unpaired) electrons. The molecule has 5 heteroatoms. The van der Waals surface area contributed by atoms with Crippen molar-refractivity contribution >= 4 is 5.91 Å². The van der Waals surface area contributed by atoms with Crippen LogP contribution in [-0.4, -0.2) is 52.4 Å². The van der Waals surface area contributed by atoms with Crippen LogP contribution in [0.25, 0.3) is 0 Å². The highest BCUT2D eigenvalue weighted by Crippen LogP contribution is 2.36. The van der Waals surface area contributed by atoms with Crippen LogP contribution < -0.4 is 0 Å². The molecule has 1 saturated heterocycles. The summed E-state index contributed by atoms with van der Waals surface area (Å²) >= 11 is 0. The Morgan fingerprint density at radius 3 is 2.52 bits per heavy atom. The molecule has 126 valence electrons. The van der Waals surface area contributed by atoms with Crippen LogP contribution in [0, 0.1) is 6.92 Å². The number of piperidine rings is 1. The molecule has 0 N–H and O–H groups in total. The number of nitrogens with zero attached hydrogens (tertiary/aromatic N) is 4. The van der Waals surface area contributed by atoms with Gasteiger partial charge < -0.3 is 4.90 Å². The molecular weight excluding hydrogens is 288 g/mol. The average Bonchev–Trinajstić information content (AvgIpc) is 3.08. The van der Waals surface area contributed by atoms with Gasteiger partial charge in [-0.3, -0.25) is 9.69 Å². The molecule has 0 aromatic carbocycles. The summed E-state index contributed by atoms with van der Waals surface area (Å²) in [5.41, 5.74) is 1.41. The number of carbonyl (C=O) groups excluding carboxylic acids is 1. The Kier molecular flexibility index (Phi) is 4.95. The predicted molar refractivity (Wildman–Crippen MR) is 90.3 cm³/mol. The largest absolute Gasteiger partial charge is 0.345 e. The van der Waals surface area contributed by atoms with Gasteiger partial charge in [0.1, 0.15) is 5.82 Å². The molecule has 1 aliphatic heterocycles. The second-order valence-electron chi connectivity index (χ2n) is 7.11. The lowest BCUT2D eigenvalue weighted by molar-refractivity contribution is 0.0822. The highest BCUT2D eigenvalue weighted by molar-refractivity contribution is 5.94. The third-order valence-electron chi connectivity index (χ3n) is 5.27. The topological polar surface area (TPSA) is 49.3 Å². The Morgan fingerprint density at radius 2 is 1.87 bits per heavy atom. The Morgan fingerprint density at radius 1 is 1.17 bits per heavy atom. The maximum absolute atomic E-state index is 12.2. The lowest BCUT2D eigenvalue weighted by Crippen LogP contribution is -2.41. The molecule has 2 aliphatic rings. The monoisotopic (exact) mass is 316 g/mol. The number of hydrogen-bond donors (Lipinski definition) is 0. The summed E-state index contributed by atoms with van der Waals surface area (Å²) in [6.45, 7) is 3.08. The van der Waals surface area contributed by atoms with Crippen molar-refractivity contribution in [2.75, 3.05) is 20.6 Å². The normalized spacial score (nSPS) is 23.2. The number of aromatic nitrogens is 2. The van der Waals surface area contributed by atoms with Crippen molar-refractivity contribution in [3.8, 4) is 0 Å². The van der Waals surface area contributed by atoms with E-state index >= 15 is 0 Å². The Hall–Kier alpha value is -1.49. The maximum Gasteiger partial charge on any atom is 0.256 e. The van der Waals surface area contributed by atoms with Gasteiger partial charge in [-0.25, -0.2) is 9.97 Å². The fourth-order valence-corrected chi connectivity index (χ4v) is 4.00. The fourth-order valence-electron chi connectivity index (χ4n) is 4.00. The molecule has 5 nitrogen and oxygen atoms in total. The van der Waals surface area contributed by atoms with Crippen molar-refractivity contribution in [1.29, 1.82) is 0 Å². The average molecular weight is 316 g/mol. The van der Waals surface area contributed by atoms with E-state index in [2.05, 4.69) is 9.88 Å². The van der Waals surface area contributed by atoms with E-state index in [9.17, 15) is 4.79 Å². The van der Waals surface area contributed by atoms with Crippen molar-refractivity contribution in [3.05, 3.63) is 23.3 Å². The van der Waals surface area contributed by atoms with Crippen molar-refractivity contribution in [1.82, 2.24) is 19.8 Å². The van der Waals surface area contributed by atoms with E-state index < -0.39 is 0 Å². The third-order valence-corrected chi connectivity index (χ3v) is 5.27. The third kappa shape index (κ3) is 3.39. The van der Waals surface area contributed by atoms with Gasteiger partial charge in [0, 0.05) is 26.3 Å². The highest BCUT2D eigenvalue weighted by Gasteiger charge is 2.33. The zero-order chi connectivity index (χ0) is 16.4. The molecule has 1 aromatic heterocycles. The highest BCUT2D eigenvalue weighted by atomic mass is 16.2. The minimum atomic E-state index is -0.0228. The van der Waals surface area contributed by atoms with E-state index in [1.54, 1.807) is 25.2 Å². The molecule has 3 rings (SSSR count). The van der Waals surface area contributed by atoms with Crippen LogP contribution in [0.5, 0.6) is 0 Å². The molecule has 1 amide bonds. The number of rotatable bonds is 3. The van der Waals surface area contributed by atoms with Gasteiger partial charge in [0.25, 0.3) is 5.91 Å². The van der Waals surface area contributed by atoms with E-state index in [1.165, 1.54) is 38.5 Å². The fraction of sp³-hybridized carbons (Fsp3) is 0.722. The van der Waals surface area contributed by atoms with Crippen LogP contribution in [0.4, 0.5) is 0 Å². The minimum absolute atomic E-state index is 0.0228. The van der Waals surface area contributed by atoms with E-state index in [1.807, 2.05) is 6.92 Å². The Bertz CT molecular complexity index is 566. The Balaban J connectivity index is 1.84. The van der Waals surface area contributed by atoms with Crippen molar-refractivity contribution in [2.45, 2.75) is 64.0 Å². The molecule has 1 aliphatic carbocycles. The number of amides is 1. The number of likely N-dealkylation sites (tertiary alicyclic amines) is 1. The number of hydrogen-bond acceptors (Lipinski definition) is 4. The standard InChI is InChI=1S/C18H28N4O/c1-13-15(18(23)21(2)3)12-19-17(20-13)16-10-6-7-11-22(16)14-8-4-5-9-14/h12,14,16H,4-11H2,1-3H3/t16-/m0/s1. The number of aryl methyl sites for hydroxylation is 1.